The van der Waals surface area contributed by atoms with Crippen molar-refractivity contribution in [1.29, 1.82) is 0 Å². The van der Waals surface area contributed by atoms with E-state index in [-0.39, 0.29) is 16.8 Å². The summed E-state index contributed by atoms with van der Waals surface area (Å²) in [5.74, 6) is -0.888. The van der Waals surface area contributed by atoms with E-state index in [0.717, 1.165) is 0 Å². The van der Waals surface area contributed by atoms with Gasteiger partial charge in [-0.15, -0.1) is 0 Å². The maximum atomic E-state index is 13.1. The maximum Gasteiger partial charge on any atom is 0.447 e. The summed E-state index contributed by atoms with van der Waals surface area (Å²) in [4.78, 5) is 2.71. The first-order chi connectivity index (χ1) is 11.3. The molecule has 0 bridgehead atoms. The fraction of sp³-hybridized carbons (Fsp3) is 0.0588. The Balaban J connectivity index is 2.10. The van der Waals surface area contributed by atoms with Crippen molar-refractivity contribution in [1.82, 2.24) is 4.98 Å². The van der Waals surface area contributed by atoms with Crippen molar-refractivity contribution in [2.24, 2.45) is 0 Å². The van der Waals surface area contributed by atoms with Gasteiger partial charge < -0.3 is 4.98 Å². The SMILES string of the molecule is Fc1ccc(-c2cc(SC(F)(F)F)[nH]c2-c2ccc(F)cc2)cc1. The van der Waals surface area contributed by atoms with Gasteiger partial charge in [0.1, 0.15) is 11.6 Å². The molecule has 0 unspecified atom stereocenters. The molecule has 0 amide bonds. The van der Waals surface area contributed by atoms with E-state index in [9.17, 15) is 22.0 Å². The topological polar surface area (TPSA) is 15.8 Å². The smallest absolute Gasteiger partial charge is 0.349 e. The van der Waals surface area contributed by atoms with Crippen LogP contribution in [0.4, 0.5) is 22.0 Å². The molecule has 0 aliphatic heterocycles. The van der Waals surface area contributed by atoms with E-state index < -0.39 is 17.1 Å². The Morgan fingerprint density at radius 2 is 1.25 bits per heavy atom. The summed E-state index contributed by atoms with van der Waals surface area (Å²) in [6.45, 7) is 0. The van der Waals surface area contributed by atoms with Gasteiger partial charge in [0.15, 0.2) is 0 Å². The summed E-state index contributed by atoms with van der Waals surface area (Å²) >= 11 is -0.272. The zero-order chi connectivity index (χ0) is 17.3. The average molecular weight is 355 g/mol. The molecule has 0 fully saturated rings. The largest absolute Gasteiger partial charge is 0.447 e. The minimum atomic E-state index is -4.44. The fourth-order valence-corrected chi connectivity index (χ4v) is 2.89. The molecule has 0 saturated carbocycles. The second-order valence-electron chi connectivity index (χ2n) is 4.98. The minimum absolute atomic E-state index is 0.0962. The van der Waals surface area contributed by atoms with E-state index in [0.29, 0.717) is 22.4 Å². The number of H-pyrrole nitrogens is 1. The highest BCUT2D eigenvalue weighted by molar-refractivity contribution is 8.00. The van der Waals surface area contributed by atoms with Gasteiger partial charge >= 0.3 is 5.51 Å². The molecule has 3 aromatic rings. The van der Waals surface area contributed by atoms with Crippen LogP contribution in [0.1, 0.15) is 0 Å². The van der Waals surface area contributed by atoms with Crippen LogP contribution in [0.25, 0.3) is 22.4 Å². The van der Waals surface area contributed by atoms with Gasteiger partial charge in [0.05, 0.1) is 10.7 Å². The van der Waals surface area contributed by atoms with Gasteiger partial charge in [-0.1, -0.05) is 12.1 Å². The van der Waals surface area contributed by atoms with E-state index in [1.807, 2.05) is 0 Å². The predicted molar refractivity (Wildman–Crippen MR) is 83.5 cm³/mol. The van der Waals surface area contributed by atoms with E-state index >= 15 is 0 Å². The van der Waals surface area contributed by atoms with Crippen molar-refractivity contribution in [2.75, 3.05) is 0 Å². The number of nitrogens with one attached hydrogen (secondary N) is 1. The normalized spacial score (nSPS) is 11.7. The molecule has 2 aromatic carbocycles. The van der Waals surface area contributed by atoms with E-state index in [2.05, 4.69) is 4.98 Å². The highest BCUT2D eigenvalue weighted by Gasteiger charge is 2.30. The van der Waals surface area contributed by atoms with Gasteiger partial charge in [0.25, 0.3) is 0 Å². The van der Waals surface area contributed by atoms with Gasteiger partial charge in [-0.25, -0.2) is 8.78 Å². The Bertz CT molecular complexity index is 772. The molecule has 0 aliphatic rings. The molecule has 1 heterocycles. The van der Waals surface area contributed by atoms with Crippen LogP contribution in [0.15, 0.2) is 59.6 Å². The molecule has 1 aromatic heterocycles. The highest BCUT2D eigenvalue weighted by Crippen LogP contribution is 2.41. The molecule has 7 heteroatoms. The molecule has 0 radical (unpaired) electrons. The van der Waals surface area contributed by atoms with Crippen LogP contribution in [0.2, 0.25) is 0 Å². The van der Waals surface area contributed by atoms with Gasteiger partial charge in [-0.3, -0.25) is 0 Å². The van der Waals surface area contributed by atoms with Crippen molar-refractivity contribution >= 4 is 11.8 Å². The number of benzene rings is 2. The molecule has 0 spiro atoms. The Morgan fingerprint density at radius 3 is 1.75 bits per heavy atom. The fourth-order valence-electron chi connectivity index (χ4n) is 2.31. The van der Waals surface area contributed by atoms with Crippen molar-refractivity contribution in [2.45, 2.75) is 10.5 Å². The second kappa shape index (κ2) is 6.32. The standard InChI is InChI=1S/C17H10F5NS/c18-12-5-1-10(2-6-12)14-9-15(24-17(20,21)22)23-16(14)11-3-7-13(19)8-4-11/h1-9,23H. The number of halogens is 5. The summed E-state index contributed by atoms with van der Waals surface area (Å²) < 4.78 is 64.1. The molecule has 1 N–H and O–H groups in total. The summed E-state index contributed by atoms with van der Waals surface area (Å²) in [6.07, 6.45) is 0. The monoisotopic (exact) mass is 355 g/mol. The van der Waals surface area contributed by atoms with Crippen molar-refractivity contribution in [3.05, 3.63) is 66.2 Å². The molecule has 3 rings (SSSR count). The number of aromatic nitrogens is 1. The summed E-state index contributed by atoms with van der Waals surface area (Å²) in [5.41, 5.74) is -2.46. The van der Waals surface area contributed by atoms with Crippen molar-refractivity contribution in [3.63, 3.8) is 0 Å². The lowest BCUT2D eigenvalue weighted by Crippen LogP contribution is -1.98. The van der Waals surface area contributed by atoms with Gasteiger partial charge in [0.2, 0.25) is 0 Å². The van der Waals surface area contributed by atoms with Crippen LogP contribution < -0.4 is 0 Å². The number of alkyl halides is 3. The Kier molecular flexibility index (Phi) is 4.36. The predicted octanol–water partition coefficient (Wildman–Crippen LogP) is 6.24. The molecule has 0 aliphatic carbocycles. The van der Waals surface area contributed by atoms with E-state index in [1.165, 1.54) is 54.6 Å². The summed E-state index contributed by atoms with van der Waals surface area (Å²) in [7, 11) is 0. The van der Waals surface area contributed by atoms with Crippen LogP contribution in [0, 0.1) is 11.6 Å². The van der Waals surface area contributed by atoms with E-state index in [1.54, 1.807) is 0 Å². The maximum absolute atomic E-state index is 13.1. The minimum Gasteiger partial charge on any atom is -0.349 e. The lowest BCUT2D eigenvalue weighted by molar-refractivity contribution is -0.0329. The first-order valence-electron chi connectivity index (χ1n) is 6.82. The first-order valence-corrected chi connectivity index (χ1v) is 7.64. The lowest BCUT2D eigenvalue weighted by atomic mass is 10.0. The Labute approximate surface area is 138 Å². The number of hydrogen-bond donors (Lipinski definition) is 1. The Morgan fingerprint density at radius 1 is 0.750 bits per heavy atom. The number of rotatable bonds is 3. The molecule has 0 saturated heterocycles. The second-order valence-corrected chi connectivity index (χ2v) is 6.09. The van der Waals surface area contributed by atoms with Crippen LogP contribution in [-0.2, 0) is 0 Å². The third-order valence-electron chi connectivity index (χ3n) is 3.31. The zero-order valence-corrected chi connectivity index (χ0v) is 12.8. The lowest BCUT2D eigenvalue weighted by Gasteiger charge is -2.05. The van der Waals surface area contributed by atoms with Gasteiger partial charge in [-0.05, 0) is 53.6 Å². The van der Waals surface area contributed by atoms with Crippen LogP contribution in [-0.4, -0.2) is 10.5 Å². The molecule has 124 valence electrons. The Hall–Kier alpha value is -2.28. The number of thioether (sulfide) groups is 1. The number of aromatic amines is 1. The molecular formula is C17H10F5NS. The third-order valence-corrected chi connectivity index (χ3v) is 3.98. The van der Waals surface area contributed by atoms with Crippen LogP contribution in [0.3, 0.4) is 0 Å². The highest BCUT2D eigenvalue weighted by atomic mass is 32.2. The molecule has 1 nitrogen and oxygen atoms in total. The molecule has 0 atom stereocenters. The van der Waals surface area contributed by atoms with Crippen LogP contribution in [0.5, 0.6) is 0 Å². The van der Waals surface area contributed by atoms with E-state index in [4.69, 9.17) is 0 Å². The van der Waals surface area contributed by atoms with Gasteiger partial charge in [0, 0.05) is 17.3 Å². The summed E-state index contributed by atoms with van der Waals surface area (Å²) in [5, 5.41) is -0.0962. The molecular weight excluding hydrogens is 345 g/mol. The van der Waals surface area contributed by atoms with Crippen molar-refractivity contribution < 1.29 is 22.0 Å². The summed E-state index contributed by atoms with van der Waals surface area (Å²) in [6, 6.07) is 12.2. The van der Waals surface area contributed by atoms with Crippen molar-refractivity contribution in [3.8, 4) is 22.4 Å². The van der Waals surface area contributed by atoms with Gasteiger partial charge in [-0.2, -0.15) is 13.2 Å². The zero-order valence-electron chi connectivity index (χ0n) is 12.0. The molecule has 24 heavy (non-hydrogen) atoms. The van der Waals surface area contributed by atoms with Crippen LogP contribution >= 0.6 is 11.8 Å². The first kappa shape index (κ1) is 16.6. The third kappa shape index (κ3) is 3.79. The average Bonchev–Trinajstić information content (AvgIpc) is 2.90. The quantitative estimate of drug-likeness (QED) is 0.434. The number of hydrogen-bond acceptors (Lipinski definition) is 1.